The van der Waals surface area contributed by atoms with Crippen LogP contribution in [0.5, 0.6) is 0 Å². The zero-order valence-electron chi connectivity index (χ0n) is 4.52. The second-order valence-electron chi connectivity index (χ2n) is 1.76. The summed E-state index contributed by atoms with van der Waals surface area (Å²) < 4.78 is 4.71. The second kappa shape index (κ2) is 2.58. The molecule has 2 heterocycles. The van der Waals surface area contributed by atoms with E-state index in [-0.39, 0.29) is 0 Å². The maximum atomic E-state index is 4.71. The number of ether oxygens (including phenoxy) is 1. The van der Waals surface area contributed by atoms with E-state index in [1.54, 1.807) is 0 Å². The number of rotatable bonds is 0. The van der Waals surface area contributed by atoms with Crippen molar-refractivity contribution in [1.82, 2.24) is 0 Å². The molecule has 0 aromatic rings. The minimum atomic E-state index is 0.583. The van der Waals surface area contributed by atoms with Gasteiger partial charge in [0.15, 0.2) is 0 Å². The highest BCUT2D eigenvalue weighted by Gasteiger charge is 2.13. The molecule has 1 atom stereocenters. The second-order valence-corrected chi connectivity index (χ2v) is 2.98. The summed E-state index contributed by atoms with van der Waals surface area (Å²) in [7, 11) is 0. The van der Waals surface area contributed by atoms with Gasteiger partial charge >= 0.3 is 0 Å². The minimum absolute atomic E-state index is 0.583. The van der Waals surface area contributed by atoms with Gasteiger partial charge in [-0.25, -0.2) is 0 Å². The zero-order valence-corrected chi connectivity index (χ0v) is 5.33. The van der Waals surface area contributed by atoms with Crippen LogP contribution in [0.4, 0.5) is 0 Å². The van der Waals surface area contributed by atoms with Gasteiger partial charge in [0.05, 0.1) is 12.7 Å². The molecule has 2 heteroatoms. The van der Waals surface area contributed by atoms with Crippen LogP contribution in [0.2, 0.25) is 0 Å². The van der Waals surface area contributed by atoms with Gasteiger partial charge in [0.25, 0.3) is 0 Å². The third-order valence-corrected chi connectivity index (χ3v) is 1.11. The molecule has 0 bridgehead atoms. The molecule has 0 N–H and O–H groups in total. The van der Waals surface area contributed by atoms with Crippen molar-refractivity contribution in [2.24, 2.45) is 0 Å². The monoisotopic (exact) mass is 118 g/mol. The van der Waals surface area contributed by atoms with Gasteiger partial charge in [0, 0.05) is 11.5 Å². The van der Waals surface area contributed by atoms with Crippen LogP contribution < -0.4 is 0 Å². The molecule has 0 radical (unpaired) electrons. The zero-order chi connectivity index (χ0) is 5.11. The Balaban J connectivity index is 0.0000000729. The molecule has 42 valence electrons. The van der Waals surface area contributed by atoms with Gasteiger partial charge in [0.2, 0.25) is 0 Å². The highest BCUT2D eigenvalue weighted by Crippen LogP contribution is 2.14. The van der Waals surface area contributed by atoms with Crippen molar-refractivity contribution in [3.05, 3.63) is 0 Å². The molecule has 2 rings (SSSR count). The van der Waals surface area contributed by atoms with E-state index < -0.39 is 0 Å². The van der Waals surface area contributed by atoms with Crippen LogP contribution in [0.3, 0.4) is 0 Å². The minimum Gasteiger partial charge on any atom is -0.373 e. The number of epoxide rings is 1. The van der Waals surface area contributed by atoms with Crippen LogP contribution in [0.15, 0.2) is 0 Å². The fraction of sp³-hybridized carbons (Fsp3) is 1.00. The molecule has 0 aliphatic carbocycles. The van der Waals surface area contributed by atoms with Crippen LogP contribution >= 0.6 is 11.8 Å². The third-order valence-electron chi connectivity index (χ3n) is 0.704. The van der Waals surface area contributed by atoms with Crippen molar-refractivity contribution >= 4 is 11.8 Å². The van der Waals surface area contributed by atoms with Gasteiger partial charge in [-0.05, 0) is 6.92 Å². The highest BCUT2D eigenvalue weighted by atomic mass is 32.2. The Morgan fingerprint density at radius 1 is 1.57 bits per heavy atom. The van der Waals surface area contributed by atoms with Gasteiger partial charge in [-0.2, -0.15) is 11.8 Å². The Bertz CT molecular complexity index is 47.3. The fourth-order valence-corrected chi connectivity index (χ4v) is 0.0962. The lowest BCUT2D eigenvalue weighted by atomic mass is 10.6. The van der Waals surface area contributed by atoms with E-state index in [0.29, 0.717) is 6.10 Å². The Kier molecular flexibility index (Phi) is 2.00. The predicted octanol–water partition coefficient (Wildman–Crippen LogP) is 1.14. The summed E-state index contributed by atoms with van der Waals surface area (Å²) in [4.78, 5) is 0. The quantitative estimate of drug-likeness (QED) is 0.442. The topological polar surface area (TPSA) is 12.5 Å². The van der Waals surface area contributed by atoms with E-state index >= 15 is 0 Å². The normalized spacial score (nSPS) is 33.0. The lowest BCUT2D eigenvalue weighted by Crippen LogP contribution is -1.60. The molecule has 0 saturated carbocycles. The molecule has 0 aromatic carbocycles. The average Bonchev–Trinajstić information content (AvgIpc) is 2.27. The summed E-state index contributed by atoms with van der Waals surface area (Å²) in [6, 6.07) is 0. The first-order valence-electron chi connectivity index (χ1n) is 2.59. The molecule has 2 aliphatic heterocycles. The largest absolute Gasteiger partial charge is 0.373 e. The van der Waals surface area contributed by atoms with Crippen LogP contribution in [0.25, 0.3) is 0 Å². The first-order valence-corrected chi connectivity index (χ1v) is 3.74. The molecule has 2 aliphatic rings. The predicted molar refractivity (Wildman–Crippen MR) is 32.7 cm³/mol. The summed E-state index contributed by atoms with van der Waals surface area (Å²) >= 11 is 2.00. The first-order chi connectivity index (χ1) is 3.39. The molecule has 1 nitrogen and oxygen atoms in total. The molecule has 1 unspecified atom stereocenters. The van der Waals surface area contributed by atoms with Gasteiger partial charge in [-0.3, -0.25) is 0 Å². The van der Waals surface area contributed by atoms with E-state index in [0.717, 1.165) is 6.61 Å². The molecule has 2 saturated heterocycles. The summed E-state index contributed by atoms with van der Waals surface area (Å²) in [6.07, 6.45) is 0.583. The third kappa shape index (κ3) is 6.31. The Labute approximate surface area is 48.4 Å². The molecule has 0 amide bonds. The molecule has 2 fully saturated rings. The van der Waals surface area contributed by atoms with Gasteiger partial charge < -0.3 is 4.74 Å². The van der Waals surface area contributed by atoms with E-state index in [1.165, 1.54) is 11.5 Å². The molecular weight excluding hydrogens is 108 g/mol. The van der Waals surface area contributed by atoms with Crippen LogP contribution in [0, 0.1) is 0 Å². The van der Waals surface area contributed by atoms with E-state index in [2.05, 4.69) is 6.92 Å². The fourth-order valence-electron chi connectivity index (χ4n) is 0.0962. The van der Waals surface area contributed by atoms with Gasteiger partial charge in [-0.1, -0.05) is 0 Å². The lowest BCUT2D eigenvalue weighted by molar-refractivity contribution is 0.423. The molecule has 0 spiro atoms. The van der Waals surface area contributed by atoms with E-state index in [4.69, 9.17) is 4.74 Å². The molecule has 0 aromatic heterocycles. The van der Waals surface area contributed by atoms with Crippen molar-refractivity contribution in [3.63, 3.8) is 0 Å². The highest BCUT2D eigenvalue weighted by molar-refractivity contribution is 8.06. The van der Waals surface area contributed by atoms with Crippen molar-refractivity contribution in [1.29, 1.82) is 0 Å². The van der Waals surface area contributed by atoms with E-state index in [9.17, 15) is 0 Å². The van der Waals surface area contributed by atoms with Crippen molar-refractivity contribution in [2.75, 3.05) is 18.1 Å². The molecule has 7 heavy (non-hydrogen) atoms. The SMILES string of the molecule is C1CS1.CC1CO1. The van der Waals surface area contributed by atoms with Crippen molar-refractivity contribution in [3.8, 4) is 0 Å². The average molecular weight is 118 g/mol. The summed E-state index contributed by atoms with van der Waals surface area (Å²) in [5.41, 5.74) is 0. The number of thioether (sulfide) groups is 1. The van der Waals surface area contributed by atoms with Crippen LogP contribution in [-0.4, -0.2) is 24.2 Å². The molecular formula is C5H10OS. The summed E-state index contributed by atoms with van der Waals surface area (Å²) in [6.45, 7) is 3.04. The van der Waals surface area contributed by atoms with Crippen LogP contribution in [0.1, 0.15) is 6.92 Å². The van der Waals surface area contributed by atoms with Gasteiger partial charge in [-0.15, -0.1) is 0 Å². The maximum Gasteiger partial charge on any atom is 0.0781 e. The standard InChI is InChI=1S/C3H6O.C2H4S/c1-3-2-4-3;1-2-3-1/h3H,2H2,1H3;1-2H2. The number of hydrogen-bond acceptors (Lipinski definition) is 2. The Morgan fingerprint density at radius 2 is 1.86 bits per heavy atom. The van der Waals surface area contributed by atoms with E-state index in [1.807, 2.05) is 11.8 Å². The summed E-state index contributed by atoms with van der Waals surface area (Å²) in [5.74, 6) is 2.83. The summed E-state index contributed by atoms with van der Waals surface area (Å²) in [5, 5.41) is 0. The van der Waals surface area contributed by atoms with Gasteiger partial charge in [0.1, 0.15) is 0 Å². The number of hydrogen-bond donors (Lipinski definition) is 0. The smallest absolute Gasteiger partial charge is 0.0781 e. The van der Waals surface area contributed by atoms with Crippen molar-refractivity contribution < 1.29 is 4.74 Å². The maximum absolute atomic E-state index is 4.71. The first kappa shape index (κ1) is 5.45. The lowest BCUT2D eigenvalue weighted by Gasteiger charge is -1.50. The van der Waals surface area contributed by atoms with Crippen LogP contribution in [-0.2, 0) is 4.74 Å². The van der Waals surface area contributed by atoms with Crippen molar-refractivity contribution in [2.45, 2.75) is 13.0 Å². The Morgan fingerprint density at radius 3 is 1.86 bits per heavy atom. The Hall–Kier alpha value is 0.310.